The topological polar surface area (TPSA) is 91.6 Å². The van der Waals surface area contributed by atoms with Gasteiger partial charge in [0.05, 0.1) is 6.04 Å². The second kappa shape index (κ2) is 8.09. The maximum absolute atomic E-state index is 14.1. The zero-order valence-corrected chi connectivity index (χ0v) is 18.3. The normalized spacial score (nSPS) is 16.5. The number of rotatable bonds is 3. The smallest absolute Gasteiger partial charge is 0.274 e. The quantitative estimate of drug-likeness (QED) is 0.622. The Labute approximate surface area is 193 Å². The number of pyridine rings is 1. The highest BCUT2D eigenvalue weighted by Gasteiger charge is 2.37. The number of nitrogens with zero attached hydrogens (tertiary/aromatic N) is 2. The molecular formula is C25H21F2N3O4. The number of aromatic hydroxyl groups is 1. The molecule has 7 nitrogen and oxygen atoms in total. The van der Waals surface area contributed by atoms with Crippen LogP contribution in [0, 0.1) is 18.6 Å². The summed E-state index contributed by atoms with van der Waals surface area (Å²) in [6.45, 7) is 1.76. The van der Waals surface area contributed by atoms with E-state index in [1.807, 2.05) is 24.3 Å². The number of aryl methyl sites for hydroxylation is 1. The van der Waals surface area contributed by atoms with Crippen LogP contribution in [0.15, 0.2) is 47.4 Å². The second-order valence-corrected chi connectivity index (χ2v) is 8.68. The molecule has 5 rings (SSSR count). The van der Waals surface area contributed by atoms with Crippen molar-refractivity contribution in [2.45, 2.75) is 32.5 Å². The number of amides is 2. The predicted molar refractivity (Wildman–Crippen MR) is 119 cm³/mol. The number of hydrogen-bond acceptors (Lipinski definition) is 4. The van der Waals surface area contributed by atoms with E-state index in [0.717, 1.165) is 23.3 Å². The summed E-state index contributed by atoms with van der Waals surface area (Å²) < 4.78 is 29.7. The Balaban J connectivity index is 1.50. The number of carbonyl (C=O) groups excluding carboxylic acids is 2. The van der Waals surface area contributed by atoms with E-state index in [-0.39, 0.29) is 17.3 Å². The monoisotopic (exact) mass is 465 g/mol. The van der Waals surface area contributed by atoms with Crippen LogP contribution < -0.4 is 10.7 Å². The van der Waals surface area contributed by atoms with Crippen molar-refractivity contribution in [3.63, 3.8) is 0 Å². The molecule has 2 bridgehead atoms. The molecule has 0 unspecified atom stereocenters. The summed E-state index contributed by atoms with van der Waals surface area (Å²) in [6, 6.07) is 9.66. The molecule has 0 fully saturated rings. The van der Waals surface area contributed by atoms with Gasteiger partial charge in [-0.2, -0.15) is 0 Å². The maximum atomic E-state index is 14.1. The Hall–Kier alpha value is -4.01. The van der Waals surface area contributed by atoms with Gasteiger partial charge in [0, 0.05) is 31.4 Å². The van der Waals surface area contributed by atoms with Crippen molar-refractivity contribution in [3.8, 4) is 5.75 Å². The molecule has 0 saturated carbocycles. The molecule has 1 atom stereocenters. The number of aromatic nitrogens is 1. The Bertz CT molecular complexity index is 1390. The van der Waals surface area contributed by atoms with Crippen LogP contribution in [-0.2, 0) is 19.5 Å². The van der Waals surface area contributed by atoms with Crippen molar-refractivity contribution in [2.24, 2.45) is 0 Å². The molecular weight excluding hydrogens is 444 g/mol. The van der Waals surface area contributed by atoms with E-state index < -0.39 is 46.7 Å². The van der Waals surface area contributed by atoms with Gasteiger partial charge in [0.25, 0.3) is 11.8 Å². The van der Waals surface area contributed by atoms with Gasteiger partial charge in [0.15, 0.2) is 11.4 Å². The van der Waals surface area contributed by atoms with Crippen LogP contribution in [0.25, 0.3) is 0 Å². The molecule has 174 valence electrons. The lowest BCUT2D eigenvalue weighted by molar-refractivity contribution is 0.0653. The summed E-state index contributed by atoms with van der Waals surface area (Å²) in [7, 11) is 0. The lowest BCUT2D eigenvalue weighted by atomic mass is 10.0. The van der Waals surface area contributed by atoms with Crippen LogP contribution in [0.3, 0.4) is 0 Å². The lowest BCUT2D eigenvalue weighted by Gasteiger charge is -2.34. The van der Waals surface area contributed by atoms with E-state index in [0.29, 0.717) is 25.1 Å². The third-order valence-electron chi connectivity index (χ3n) is 6.42. The van der Waals surface area contributed by atoms with Crippen LogP contribution in [-0.4, -0.2) is 32.9 Å². The van der Waals surface area contributed by atoms with E-state index >= 15 is 0 Å². The largest absolute Gasteiger partial charge is 0.503 e. The van der Waals surface area contributed by atoms with Gasteiger partial charge < -0.3 is 19.9 Å². The molecule has 2 aliphatic heterocycles. The summed E-state index contributed by atoms with van der Waals surface area (Å²) in [5.74, 6) is -3.85. The highest BCUT2D eigenvalue weighted by Crippen LogP contribution is 2.33. The van der Waals surface area contributed by atoms with Crippen LogP contribution in [0.5, 0.6) is 5.75 Å². The number of halogens is 2. The van der Waals surface area contributed by atoms with Gasteiger partial charge >= 0.3 is 0 Å². The first-order valence-corrected chi connectivity index (χ1v) is 10.8. The predicted octanol–water partition coefficient (Wildman–Crippen LogP) is 2.82. The first kappa shape index (κ1) is 21.8. The highest BCUT2D eigenvalue weighted by atomic mass is 19.1. The first-order valence-electron chi connectivity index (χ1n) is 10.8. The average molecular weight is 465 g/mol. The lowest BCUT2D eigenvalue weighted by Crippen LogP contribution is -2.44. The zero-order valence-electron chi connectivity index (χ0n) is 18.3. The van der Waals surface area contributed by atoms with Crippen molar-refractivity contribution in [2.75, 3.05) is 6.54 Å². The maximum Gasteiger partial charge on any atom is 0.274 e. The van der Waals surface area contributed by atoms with Crippen molar-refractivity contribution in [1.82, 2.24) is 14.8 Å². The molecule has 3 heterocycles. The SMILES string of the molecule is Cc1cc(F)c(CNC(=O)c2cn3c(c(O)c2=O)C(=O)N2Cc4ccccc4C[C@H]3C2)c(F)c1. The molecule has 2 amide bonds. The molecule has 2 N–H and O–H groups in total. The molecule has 0 aliphatic carbocycles. The fraction of sp³-hybridized carbons (Fsp3) is 0.240. The number of nitrogens with one attached hydrogen (secondary N) is 1. The van der Waals surface area contributed by atoms with Gasteiger partial charge in [-0.15, -0.1) is 0 Å². The molecule has 0 spiro atoms. The standard InChI is InChI=1S/C25H21F2N3O4/c1-13-6-19(26)17(20(27)7-13)9-28-24(33)18-12-30-16-8-14-4-2-3-5-15(14)10-29(11-16)25(34)21(30)23(32)22(18)31/h2-7,12,16,32H,8-11H2,1H3,(H,28,33)/t16-/m0/s1. The summed E-state index contributed by atoms with van der Waals surface area (Å²) in [5.41, 5.74) is 0.478. The van der Waals surface area contributed by atoms with Crippen LogP contribution in [0.2, 0.25) is 0 Å². The number of fused-ring (bicyclic) bond motifs is 5. The average Bonchev–Trinajstić information content (AvgIpc) is 2.96. The van der Waals surface area contributed by atoms with E-state index in [4.69, 9.17) is 0 Å². The number of carbonyl (C=O) groups is 2. The minimum atomic E-state index is -1.01. The van der Waals surface area contributed by atoms with Gasteiger partial charge in [-0.1, -0.05) is 24.3 Å². The van der Waals surface area contributed by atoms with Crippen molar-refractivity contribution < 1.29 is 23.5 Å². The molecule has 1 aromatic heterocycles. The molecule has 34 heavy (non-hydrogen) atoms. The molecule has 0 radical (unpaired) electrons. The van der Waals surface area contributed by atoms with Gasteiger partial charge in [-0.05, 0) is 42.2 Å². The van der Waals surface area contributed by atoms with E-state index in [2.05, 4.69) is 5.32 Å². The van der Waals surface area contributed by atoms with E-state index in [1.54, 1.807) is 11.8 Å². The second-order valence-electron chi connectivity index (χ2n) is 8.68. The Morgan fingerprint density at radius 2 is 1.82 bits per heavy atom. The Kier molecular flexibility index (Phi) is 5.19. The fourth-order valence-electron chi connectivity index (χ4n) is 4.69. The van der Waals surface area contributed by atoms with Gasteiger partial charge in [-0.25, -0.2) is 8.78 Å². The molecule has 3 aromatic rings. The number of benzene rings is 2. The third-order valence-corrected chi connectivity index (χ3v) is 6.42. The Morgan fingerprint density at radius 3 is 2.53 bits per heavy atom. The zero-order chi connectivity index (χ0) is 24.1. The number of hydrogen-bond donors (Lipinski definition) is 2. The van der Waals surface area contributed by atoms with E-state index in [1.165, 1.54) is 10.8 Å². The first-order chi connectivity index (χ1) is 16.2. The van der Waals surface area contributed by atoms with Gasteiger partial charge in [0.2, 0.25) is 5.43 Å². The fourth-order valence-corrected chi connectivity index (χ4v) is 4.69. The minimum absolute atomic E-state index is 0.166. The summed E-state index contributed by atoms with van der Waals surface area (Å²) >= 11 is 0. The van der Waals surface area contributed by atoms with Crippen molar-refractivity contribution >= 4 is 11.8 Å². The van der Waals surface area contributed by atoms with Crippen molar-refractivity contribution in [3.05, 3.63) is 98.0 Å². The highest BCUT2D eigenvalue weighted by molar-refractivity contribution is 5.99. The summed E-state index contributed by atoms with van der Waals surface area (Å²) in [6.07, 6.45) is 1.79. The van der Waals surface area contributed by atoms with E-state index in [9.17, 15) is 28.3 Å². The molecule has 2 aliphatic rings. The summed E-state index contributed by atoms with van der Waals surface area (Å²) in [5, 5.41) is 13.0. The summed E-state index contributed by atoms with van der Waals surface area (Å²) in [4.78, 5) is 40.3. The molecule has 2 aromatic carbocycles. The van der Waals surface area contributed by atoms with Crippen LogP contribution in [0.1, 0.15) is 49.1 Å². The van der Waals surface area contributed by atoms with Gasteiger partial charge in [0.1, 0.15) is 17.2 Å². The van der Waals surface area contributed by atoms with Gasteiger partial charge in [-0.3, -0.25) is 14.4 Å². The third kappa shape index (κ3) is 3.53. The minimum Gasteiger partial charge on any atom is -0.503 e. The van der Waals surface area contributed by atoms with Crippen molar-refractivity contribution in [1.29, 1.82) is 0 Å². The Morgan fingerprint density at radius 1 is 1.15 bits per heavy atom. The molecule has 9 heteroatoms. The van der Waals surface area contributed by atoms with Crippen LogP contribution in [0.4, 0.5) is 8.78 Å². The molecule has 0 saturated heterocycles. The van der Waals surface area contributed by atoms with Crippen LogP contribution >= 0.6 is 0 Å².